The van der Waals surface area contributed by atoms with Crippen molar-refractivity contribution >= 4 is 17.1 Å². The fourth-order valence-corrected chi connectivity index (χ4v) is 4.31. The normalized spacial score (nSPS) is 14.9. The van der Waals surface area contributed by atoms with Gasteiger partial charge < -0.3 is 10.2 Å². The molecular formula is C26H29N7O. The smallest absolute Gasteiger partial charge is 0.251 e. The Hall–Kier alpha value is -3.62. The topological polar surface area (TPSA) is 79.2 Å². The average Bonchev–Trinajstić information content (AvgIpc) is 3.32. The van der Waals surface area contributed by atoms with Crippen molar-refractivity contribution in [1.29, 1.82) is 0 Å². The van der Waals surface area contributed by atoms with Gasteiger partial charge in [0.1, 0.15) is 5.52 Å². The summed E-state index contributed by atoms with van der Waals surface area (Å²) in [6.45, 7) is 7.02. The summed E-state index contributed by atoms with van der Waals surface area (Å²) in [5, 5.41) is 11.3. The average molecular weight is 456 g/mol. The van der Waals surface area contributed by atoms with Gasteiger partial charge in [-0.05, 0) is 54.9 Å². The number of benzene rings is 2. The summed E-state index contributed by atoms with van der Waals surface area (Å²) in [6, 6.07) is 21.7. The van der Waals surface area contributed by atoms with E-state index in [9.17, 15) is 4.79 Å². The number of nitrogens with one attached hydrogen (secondary N) is 1. The molecule has 1 aliphatic heterocycles. The molecule has 2 aromatic heterocycles. The third kappa shape index (κ3) is 5.30. The van der Waals surface area contributed by atoms with E-state index in [1.807, 2.05) is 36.4 Å². The van der Waals surface area contributed by atoms with Gasteiger partial charge in [-0.2, -0.15) is 4.68 Å². The Morgan fingerprint density at radius 2 is 1.65 bits per heavy atom. The number of piperazine rings is 1. The molecule has 3 heterocycles. The molecule has 2 aromatic carbocycles. The van der Waals surface area contributed by atoms with E-state index in [1.54, 1.807) is 10.9 Å². The van der Waals surface area contributed by atoms with Crippen molar-refractivity contribution in [2.24, 2.45) is 0 Å². The maximum atomic E-state index is 12.5. The van der Waals surface area contributed by atoms with E-state index in [1.165, 1.54) is 5.56 Å². The fraction of sp³-hybridized carbons (Fsp3) is 0.308. The van der Waals surface area contributed by atoms with Gasteiger partial charge >= 0.3 is 0 Å². The van der Waals surface area contributed by atoms with E-state index < -0.39 is 0 Å². The molecule has 8 nitrogen and oxygen atoms in total. The van der Waals surface area contributed by atoms with Crippen LogP contribution in [-0.2, 0) is 6.54 Å². The Morgan fingerprint density at radius 1 is 0.882 bits per heavy atom. The number of hydrogen-bond donors (Lipinski definition) is 1. The molecule has 1 N–H and O–H groups in total. The van der Waals surface area contributed by atoms with Crippen LogP contribution in [0, 0.1) is 0 Å². The van der Waals surface area contributed by atoms with Crippen LogP contribution in [0.25, 0.3) is 16.9 Å². The molecule has 0 saturated carbocycles. The van der Waals surface area contributed by atoms with E-state index in [-0.39, 0.29) is 5.91 Å². The van der Waals surface area contributed by atoms with Gasteiger partial charge in [0, 0.05) is 51.0 Å². The lowest BCUT2D eigenvalue weighted by Crippen LogP contribution is -2.46. The van der Waals surface area contributed by atoms with Gasteiger partial charge in [0.2, 0.25) is 0 Å². The van der Waals surface area contributed by atoms with E-state index >= 15 is 0 Å². The first-order chi connectivity index (χ1) is 16.8. The van der Waals surface area contributed by atoms with E-state index in [4.69, 9.17) is 0 Å². The van der Waals surface area contributed by atoms with Crippen LogP contribution < -0.4 is 5.32 Å². The highest BCUT2D eigenvalue weighted by Gasteiger charge is 2.16. The molecule has 0 bridgehead atoms. The summed E-state index contributed by atoms with van der Waals surface area (Å²) in [5.74, 6) is -0.0548. The molecule has 0 aliphatic carbocycles. The van der Waals surface area contributed by atoms with Crippen LogP contribution in [0.1, 0.15) is 22.3 Å². The molecule has 4 aromatic rings. The van der Waals surface area contributed by atoms with Gasteiger partial charge in [-0.25, -0.2) is 4.98 Å². The second-order valence-electron chi connectivity index (χ2n) is 8.61. The monoisotopic (exact) mass is 455 g/mol. The molecule has 1 fully saturated rings. The molecule has 8 heteroatoms. The molecule has 0 spiro atoms. The van der Waals surface area contributed by atoms with Crippen molar-refractivity contribution in [1.82, 2.24) is 35.1 Å². The van der Waals surface area contributed by atoms with Crippen LogP contribution in [0.3, 0.4) is 0 Å². The molecule has 0 unspecified atom stereocenters. The molecule has 0 radical (unpaired) electrons. The minimum absolute atomic E-state index is 0.0548. The standard InChI is InChI=1S/C26H29N7O/c34-26(22-9-11-23(12-10-22)33-25-24(29-30-33)8-4-13-27-25)28-14-5-15-31-16-18-32(19-17-31)20-21-6-2-1-3-7-21/h1-4,6-13H,5,14-20H2,(H,28,34). The second-order valence-corrected chi connectivity index (χ2v) is 8.61. The molecule has 174 valence electrons. The summed E-state index contributed by atoms with van der Waals surface area (Å²) in [6.07, 6.45) is 2.66. The van der Waals surface area contributed by atoms with Gasteiger partial charge in [-0.1, -0.05) is 35.5 Å². The zero-order valence-corrected chi connectivity index (χ0v) is 19.2. The molecule has 0 atom stereocenters. The van der Waals surface area contributed by atoms with Crippen molar-refractivity contribution in [3.8, 4) is 5.69 Å². The highest BCUT2D eigenvalue weighted by Crippen LogP contribution is 2.14. The summed E-state index contributed by atoms with van der Waals surface area (Å²) in [4.78, 5) is 21.9. The van der Waals surface area contributed by atoms with Gasteiger partial charge in [0.15, 0.2) is 5.65 Å². The van der Waals surface area contributed by atoms with Gasteiger partial charge in [0.05, 0.1) is 5.69 Å². The number of amides is 1. The summed E-state index contributed by atoms with van der Waals surface area (Å²) in [5.41, 5.74) is 4.26. The maximum Gasteiger partial charge on any atom is 0.251 e. The van der Waals surface area contributed by atoms with Crippen molar-refractivity contribution < 1.29 is 4.79 Å². The number of nitrogens with zero attached hydrogens (tertiary/aromatic N) is 6. The lowest BCUT2D eigenvalue weighted by Gasteiger charge is -2.34. The van der Waals surface area contributed by atoms with Crippen molar-refractivity contribution in [2.75, 3.05) is 39.3 Å². The lowest BCUT2D eigenvalue weighted by molar-refractivity contribution is 0.0947. The van der Waals surface area contributed by atoms with Crippen molar-refractivity contribution in [3.05, 3.63) is 84.1 Å². The predicted molar refractivity (Wildman–Crippen MR) is 132 cm³/mol. The number of pyridine rings is 1. The number of carbonyl (C=O) groups is 1. The minimum Gasteiger partial charge on any atom is -0.352 e. The molecular weight excluding hydrogens is 426 g/mol. The SMILES string of the molecule is O=C(NCCCN1CCN(Cc2ccccc2)CC1)c1ccc(-n2nnc3cccnc32)cc1. The van der Waals surface area contributed by atoms with Crippen LogP contribution in [0.4, 0.5) is 0 Å². The first-order valence-electron chi connectivity index (χ1n) is 11.8. The second kappa shape index (κ2) is 10.5. The zero-order valence-electron chi connectivity index (χ0n) is 19.2. The minimum atomic E-state index is -0.0548. The van der Waals surface area contributed by atoms with Gasteiger partial charge in [-0.15, -0.1) is 5.10 Å². The third-order valence-corrected chi connectivity index (χ3v) is 6.23. The highest BCUT2D eigenvalue weighted by molar-refractivity contribution is 5.94. The van der Waals surface area contributed by atoms with Gasteiger partial charge in [0.25, 0.3) is 5.91 Å². The zero-order chi connectivity index (χ0) is 23.2. The van der Waals surface area contributed by atoms with E-state index in [2.05, 4.69) is 60.7 Å². The number of fused-ring (bicyclic) bond motifs is 1. The molecule has 34 heavy (non-hydrogen) atoms. The Balaban J connectivity index is 1.04. The van der Waals surface area contributed by atoms with Crippen molar-refractivity contribution in [2.45, 2.75) is 13.0 Å². The quantitative estimate of drug-likeness (QED) is 0.412. The Morgan fingerprint density at radius 3 is 2.44 bits per heavy atom. The lowest BCUT2D eigenvalue weighted by atomic mass is 10.2. The summed E-state index contributed by atoms with van der Waals surface area (Å²) in [7, 11) is 0. The highest BCUT2D eigenvalue weighted by atomic mass is 16.1. The van der Waals surface area contributed by atoms with Crippen LogP contribution in [0.2, 0.25) is 0 Å². The summed E-state index contributed by atoms with van der Waals surface area (Å²) < 4.78 is 1.68. The largest absolute Gasteiger partial charge is 0.352 e. The van der Waals surface area contributed by atoms with E-state index in [0.29, 0.717) is 17.8 Å². The van der Waals surface area contributed by atoms with Crippen LogP contribution in [-0.4, -0.2) is 75.0 Å². The molecule has 5 rings (SSSR count). The van der Waals surface area contributed by atoms with Crippen LogP contribution in [0.15, 0.2) is 72.9 Å². The number of aromatic nitrogens is 4. The maximum absolute atomic E-state index is 12.5. The molecule has 1 saturated heterocycles. The molecule has 1 amide bonds. The Labute approximate surface area is 199 Å². The first kappa shape index (κ1) is 22.2. The Bertz CT molecular complexity index is 1210. The molecule has 1 aliphatic rings. The Kier molecular flexibility index (Phi) is 6.88. The van der Waals surface area contributed by atoms with E-state index in [0.717, 1.165) is 56.9 Å². The van der Waals surface area contributed by atoms with Gasteiger partial charge in [-0.3, -0.25) is 9.69 Å². The number of hydrogen-bond acceptors (Lipinski definition) is 6. The first-order valence-corrected chi connectivity index (χ1v) is 11.8. The van der Waals surface area contributed by atoms with Crippen molar-refractivity contribution in [3.63, 3.8) is 0 Å². The van der Waals surface area contributed by atoms with Crippen LogP contribution >= 0.6 is 0 Å². The fourth-order valence-electron chi connectivity index (χ4n) is 4.31. The number of carbonyl (C=O) groups excluding carboxylic acids is 1. The predicted octanol–water partition coefficient (Wildman–Crippen LogP) is 2.75. The third-order valence-electron chi connectivity index (χ3n) is 6.23. The van der Waals surface area contributed by atoms with Crippen LogP contribution in [0.5, 0.6) is 0 Å². The number of rotatable bonds is 8. The summed E-state index contributed by atoms with van der Waals surface area (Å²) >= 11 is 0.